The molecule has 32 heteroatoms. The van der Waals surface area contributed by atoms with Crippen LogP contribution in [0.2, 0.25) is 0 Å². The summed E-state index contributed by atoms with van der Waals surface area (Å²) in [5.41, 5.74) is 19.3. The molecule has 7 unspecified atom stereocenters. The Hall–Kier alpha value is -11.1. The Morgan fingerprint density at radius 3 is 0.929 bits per heavy atom. The third-order valence-corrected chi connectivity index (χ3v) is 28.4. The van der Waals surface area contributed by atoms with Crippen molar-refractivity contribution in [3.8, 4) is 28.7 Å². The minimum atomic E-state index is -1.14. The second-order valence-corrected chi connectivity index (χ2v) is 39.7. The minimum absolute atomic E-state index is 0.00810. The first-order valence-corrected chi connectivity index (χ1v) is 47.8. The largest absolute Gasteiger partial charge is 0.491 e. The van der Waals surface area contributed by atoms with E-state index < -0.39 is 130 Å². The van der Waals surface area contributed by atoms with Crippen molar-refractivity contribution in [3.05, 3.63) is 292 Å². The van der Waals surface area contributed by atoms with E-state index in [1.165, 1.54) is 30.3 Å². The molecule has 10 aromatic carbocycles. The van der Waals surface area contributed by atoms with Crippen LogP contribution in [0.1, 0.15) is 193 Å². The first kappa shape index (κ1) is 103. The van der Waals surface area contributed by atoms with Gasteiger partial charge in [-0.3, -0.25) is 0 Å². The average molecular weight is 1960 g/mol. The molecule has 4 saturated carbocycles. The molecule has 752 valence electrons. The molecule has 17 nitrogen and oxygen atoms in total. The Labute approximate surface area is 804 Å². The highest BCUT2D eigenvalue weighted by Gasteiger charge is 2.49. The van der Waals surface area contributed by atoms with Gasteiger partial charge in [0, 0.05) is 129 Å². The molecule has 0 radical (unpaired) electrons. The first-order chi connectivity index (χ1) is 66.8. The molecule has 5 aliphatic heterocycles. The smallest absolute Gasteiger partial charge is 0.164 e. The zero-order valence-electron chi connectivity index (χ0n) is 78.8. The van der Waals surface area contributed by atoms with Crippen LogP contribution in [-0.2, 0) is 32.1 Å². The molecule has 140 heavy (non-hydrogen) atoms. The maximum absolute atomic E-state index is 14.8. The number of halogens is 15. The van der Waals surface area contributed by atoms with Crippen LogP contribution in [0.25, 0.3) is 0 Å². The summed E-state index contributed by atoms with van der Waals surface area (Å²) >= 11 is 0. The van der Waals surface area contributed by atoms with Crippen LogP contribution in [0.4, 0.5) is 94.3 Å². The molecule has 0 bridgehead atoms. The summed E-state index contributed by atoms with van der Waals surface area (Å²) in [7, 11) is 0. The van der Waals surface area contributed by atoms with Crippen molar-refractivity contribution >= 4 is 28.4 Å². The zero-order chi connectivity index (χ0) is 100.0. The quantitative estimate of drug-likeness (QED) is 0.0568. The van der Waals surface area contributed by atoms with E-state index in [0.29, 0.717) is 105 Å². The van der Waals surface area contributed by atoms with E-state index >= 15 is 0 Å². The van der Waals surface area contributed by atoms with Gasteiger partial charge >= 0.3 is 0 Å². The fourth-order valence-electron chi connectivity index (χ4n) is 18.7. The van der Waals surface area contributed by atoms with E-state index in [2.05, 4.69) is 26.6 Å². The Morgan fingerprint density at radius 1 is 0.286 bits per heavy atom. The molecular formula is C108H120F15N7O10. The topological polar surface area (TPSA) is 259 Å². The number of nitrogens with one attached hydrogen (secondary N) is 5. The van der Waals surface area contributed by atoms with Gasteiger partial charge in [-0.05, 0) is 251 Å². The molecule has 0 saturated heterocycles. The fourth-order valence-corrected chi connectivity index (χ4v) is 18.7. The SMILES string of the molecule is Cc1ccc(Cc2c(F)c(F)cc3c2NCC2(CC2)CC(N)C(O)CO3)c(F)c1.Cc1ccc(Cc2c(F)c(F)cc3c2NCC2(CC2)CC(O)C(N)CO3)c(F)c1.Cc1ccc(Cc2c(F)c(F)cc3c2NCC2(CCC(O)CO3)CC2)c(F)c1.Cc1ccc(Cc2c(F)c(F)cc3c2NCC2(CCCCO3)CC2)c(F)c1.Cc1ccc(Cc2c(F)c(F)cc3c2NCCCC(O)C(O)CO3)c(F)c1. The van der Waals surface area contributed by atoms with Gasteiger partial charge in [-0.15, -0.1) is 0 Å². The monoisotopic (exact) mass is 1960 g/mol. The number of aliphatic hydroxyl groups is 5. The molecule has 14 N–H and O–H groups in total. The van der Waals surface area contributed by atoms with Gasteiger partial charge < -0.3 is 87.3 Å². The van der Waals surface area contributed by atoms with Crippen LogP contribution in [0, 0.1) is 144 Å². The third-order valence-electron chi connectivity index (χ3n) is 28.4. The lowest BCUT2D eigenvalue weighted by Gasteiger charge is -2.29. The Balaban J connectivity index is 0.000000132. The first-order valence-electron chi connectivity index (χ1n) is 47.8. The van der Waals surface area contributed by atoms with Gasteiger partial charge in [-0.25, -0.2) is 65.9 Å². The molecule has 0 amide bonds. The number of anilines is 5. The number of aliphatic hydroxyl groups excluding tert-OH is 5. The standard InChI is InChI=1S/2C22H25F3N2O2.C22H24F3NO2.C22H24F3NO.C20H22F3NO3/c1-12-2-3-13(15(23)6-12)7-14-20(25)16(24)8-19-21(14)27-11-22(4-5-22)9-18(28)17(26)10-29-19;1-12-2-3-13(15(23)6-12)7-14-20(25)16(24)8-19-21(14)27-11-22(4-5-22)9-17(26)18(28)10-29-19;1-13-2-3-14(17(23)8-13)9-16-20(25)18(24)10-19-21(16)26-12-22(6-7-22)5-4-15(27)11-28-19;1-14-4-5-15(17(23)10-14)11-16-20(25)18(24)12-19-21(16)26-13-22(7-8-22)6-2-3-9-27-19;1-11-4-5-12(14(21)7-11)8-13-19(23)15(22)9-18-20(13)24-6-2-3-16(25)17(26)10-27-18/h2*2-3,6,8,17-18,27-28H,4-5,7,9-11,26H2,1H3;2-3,8,10,15,26-27H,4-7,9,11-12H2,1H3;4-5,10,12,26H,2-3,6-9,11,13H2,1H3;4-5,7,9,16-17,24-26H,2-3,6,8,10H2,1H3. The van der Waals surface area contributed by atoms with E-state index in [1.807, 2.05) is 0 Å². The molecule has 4 aliphatic carbocycles. The summed E-state index contributed by atoms with van der Waals surface area (Å²) < 4.78 is 245. The number of rotatable bonds is 10. The second-order valence-electron chi connectivity index (χ2n) is 39.7. The molecule has 19 rings (SSSR count). The number of hydrogen-bond donors (Lipinski definition) is 12. The van der Waals surface area contributed by atoms with Gasteiger partial charge in [0.15, 0.2) is 58.2 Å². The van der Waals surface area contributed by atoms with Crippen molar-refractivity contribution in [2.75, 3.05) is 92.3 Å². The highest BCUT2D eigenvalue weighted by atomic mass is 19.2. The lowest BCUT2D eigenvalue weighted by molar-refractivity contribution is -0.0123. The zero-order valence-corrected chi connectivity index (χ0v) is 78.8. The summed E-state index contributed by atoms with van der Waals surface area (Å²) in [6.45, 7) is 11.5. The maximum atomic E-state index is 14.8. The van der Waals surface area contributed by atoms with E-state index in [4.69, 9.17) is 35.2 Å². The molecular weight excluding hydrogens is 1840 g/mol. The molecule has 5 heterocycles. The summed E-state index contributed by atoms with van der Waals surface area (Å²) in [6.07, 6.45) is 9.73. The van der Waals surface area contributed by atoms with E-state index in [9.17, 15) is 91.4 Å². The third kappa shape index (κ3) is 25.3. The summed E-state index contributed by atoms with van der Waals surface area (Å²) in [6, 6.07) is 27.3. The van der Waals surface area contributed by atoms with E-state index in [-0.39, 0.29) is 159 Å². The van der Waals surface area contributed by atoms with Gasteiger partial charge in [0.1, 0.15) is 96.5 Å². The van der Waals surface area contributed by atoms with Crippen molar-refractivity contribution in [1.82, 2.24) is 0 Å². The van der Waals surface area contributed by atoms with Gasteiger partial charge in [-0.1, -0.05) is 60.7 Å². The molecule has 7 atom stereocenters. The summed E-state index contributed by atoms with van der Waals surface area (Å²) in [5, 5.41) is 66.5. The summed E-state index contributed by atoms with van der Waals surface area (Å²) in [5.74, 6) is -11.9. The van der Waals surface area contributed by atoms with Crippen LogP contribution >= 0.6 is 0 Å². The number of hydrogen-bond acceptors (Lipinski definition) is 17. The van der Waals surface area contributed by atoms with Crippen LogP contribution in [0.5, 0.6) is 28.7 Å². The van der Waals surface area contributed by atoms with Crippen LogP contribution < -0.4 is 61.7 Å². The number of fused-ring (bicyclic) bond motifs is 5. The molecule has 4 spiro atoms. The van der Waals surface area contributed by atoms with E-state index in [1.54, 1.807) is 95.3 Å². The van der Waals surface area contributed by atoms with Crippen molar-refractivity contribution in [2.24, 2.45) is 33.1 Å². The highest BCUT2D eigenvalue weighted by molar-refractivity contribution is 5.69. The van der Waals surface area contributed by atoms with Gasteiger partial charge in [0.2, 0.25) is 0 Å². The predicted octanol–water partition coefficient (Wildman–Crippen LogP) is 21.1. The number of ether oxygens (including phenoxy) is 5. The predicted molar refractivity (Wildman–Crippen MR) is 506 cm³/mol. The van der Waals surface area contributed by atoms with Crippen molar-refractivity contribution in [2.45, 2.75) is 218 Å². The Kier molecular flexibility index (Phi) is 32.6. The van der Waals surface area contributed by atoms with Crippen LogP contribution in [-0.4, -0.2) is 134 Å². The van der Waals surface area contributed by atoms with Crippen LogP contribution in [0.3, 0.4) is 0 Å². The molecule has 10 aromatic rings. The van der Waals surface area contributed by atoms with Crippen molar-refractivity contribution in [1.29, 1.82) is 0 Å². The Bertz CT molecular complexity index is 5990. The maximum Gasteiger partial charge on any atom is 0.164 e. The van der Waals surface area contributed by atoms with Gasteiger partial charge in [0.25, 0.3) is 0 Å². The average Bonchev–Trinajstić information content (AvgIpc) is 1.56. The molecule has 9 aliphatic rings. The van der Waals surface area contributed by atoms with Gasteiger partial charge in [-0.2, -0.15) is 0 Å². The fraction of sp³-hybridized carbons (Fsp3) is 0.444. The number of benzene rings is 10. The lowest BCUT2D eigenvalue weighted by atomic mass is 9.93. The Morgan fingerprint density at radius 2 is 0.586 bits per heavy atom. The van der Waals surface area contributed by atoms with E-state index in [0.717, 1.165) is 135 Å². The van der Waals surface area contributed by atoms with Crippen molar-refractivity contribution < 1.29 is 115 Å². The number of aryl methyl sites for hydroxylation is 5. The summed E-state index contributed by atoms with van der Waals surface area (Å²) in [4.78, 5) is 0. The molecule has 0 aromatic heterocycles. The minimum Gasteiger partial charge on any atom is -0.491 e. The normalized spacial score (nSPS) is 21.2. The molecule has 4 fully saturated rings. The highest BCUT2D eigenvalue weighted by Crippen LogP contribution is 2.55. The number of nitrogens with two attached hydrogens (primary N) is 2. The second kappa shape index (κ2) is 44.2. The lowest BCUT2D eigenvalue weighted by Crippen LogP contribution is -2.42. The van der Waals surface area contributed by atoms with Crippen LogP contribution in [0.15, 0.2) is 121 Å². The van der Waals surface area contributed by atoms with Gasteiger partial charge in [0.05, 0.1) is 59.4 Å². The van der Waals surface area contributed by atoms with Crippen molar-refractivity contribution in [3.63, 3.8) is 0 Å².